The zero-order valence-electron chi connectivity index (χ0n) is 9.84. The van der Waals surface area contributed by atoms with Gasteiger partial charge in [-0.25, -0.2) is 4.98 Å². The molecule has 15 heavy (non-hydrogen) atoms. The second kappa shape index (κ2) is 6.85. The Hall–Kier alpha value is -0.540. The molecule has 0 spiro atoms. The topological polar surface area (TPSA) is 24.9 Å². The highest BCUT2D eigenvalue weighted by atomic mass is 32.2. The minimum Gasteiger partial charge on any atom is -0.313 e. The van der Waals surface area contributed by atoms with Crippen LogP contribution in [0.2, 0.25) is 0 Å². The summed E-state index contributed by atoms with van der Waals surface area (Å²) in [7, 11) is 0. The Balaban J connectivity index is 2.56. The van der Waals surface area contributed by atoms with Crippen molar-refractivity contribution in [3.8, 4) is 0 Å². The van der Waals surface area contributed by atoms with Crippen LogP contribution in [-0.2, 0) is 6.54 Å². The fraction of sp³-hybridized carbons (Fsp3) is 0.583. The minimum absolute atomic E-state index is 0.929. The number of aromatic nitrogens is 1. The molecule has 0 aliphatic carbocycles. The van der Waals surface area contributed by atoms with Crippen molar-refractivity contribution in [2.45, 2.75) is 38.8 Å². The van der Waals surface area contributed by atoms with E-state index in [0.717, 1.165) is 23.9 Å². The number of hydrogen-bond donors (Lipinski definition) is 1. The highest BCUT2D eigenvalue weighted by Crippen LogP contribution is 2.19. The van der Waals surface area contributed by atoms with Gasteiger partial charge in [0.15, 0.2) is 0 Å². The average Bonchev–Trinajstić information content (AvgIpc) is 2.23. The third-order valence-electron chi connectivity index (χ3n) is 2.12. The highest BCUT2D eigenvalue weighted by molar-refractivity contribution is 7.99. The molecule has 0 aliphatic heterocycles. The Morgan fingerprint density at radius 1 is 1.40 bits per heavy atom. The second-order valence-corrected chi connectivity index (χ2v) is 4.83. The lowest BCUT2D eigenvalue weighted by Crippen LogP contribution is -2.14. The van der Waals surface area contributed by atoms with Gasteiger partial charge in [-0.2, -0.15) is 0 Å². The standard InChI is InChI=1S/C12H20N2S/c1-4-6-13-8-11-7-10(3)12(14-9-11)15-5-2/h7,9,13H,4-6,8H2,1-3H3. The first kappa shape index (κ1) is 12.5. The van der Waals surface area contributed by atoms with Crippen molar-refractivity contribution in [3.05, 3.63) is 23.4 Å². The summed E-state index contributed by atoms with van der Waals surface area (Å²) in [6, 6.07) is 2.23. The van der Waals surface area contributed by atoms with E-state index in [1.165, 1.54) is 17.5 Å². The molecule has 2 nitrogen and oxygen atoms in total. The lowest BCUT2D eigenvalue weighted by Gasteiger charge is -2.07. The van der Waals surface area contributed by atoms with Gasteiger partial charge in [-0.05, 0) is 36.8 Å². The zero-order valence-corrected chi connectivity index (χ0v) is 10.7. The lowest BCUT2D eigenvalue weighted by atomic mass is 10.2. The Bertz CT molecular complexity index is 300. The molecule has 0 saturated heterocycles. The summed E-state index contributed by atoms with van der Waals surface area (Å²) in [6.07, 6.45) is 3.16. The Morgan fingerprint density at radius 3 is 2.80 bits per heavy atom. The predicted molar refractivity (Wildman–Crippen MR) is 67.4 cm³/mol. The molecule has 0 aliphatic rings. The molecule has 0 unspecified atom stereocenters. The van der Waals surface area contributed by atoms with E-state index in [9.17, 15) is 0 Å². The van der Waals surface area contributed by atoms with Crippen LogP contribution in [0.25, 0.3) is 0 Å². The molecule has 84 valence electrons. The molecule has 0 fully saturated rings. The average molecular weight is 224 g/mol. The Morgan fingerprint density at radius 2 is 2.20 bits per heavy atom. The van der Waals surface area contributed by atoms with Crippen LogP contribution in [0.5, 0.6) is 0 Å². The van der Waals surface area contributed by atoms with Crippen LogP contribution in [-0.4, -0.2) is 17.3 Å². The molecule has 1 heterocycles. The zero-order chi connectivity index (χ0) is 11.1. The number of pyridine rings is 1. The second-order valence-electron chi connectivity index (χ2n) is 3.58. The Kier molecular flexibility index (Phi) is 5.73. The molecule has 0 atom stereocenters. The van der Waals surface area contributed by atoms with Crippen LogP contribution >= 0.6 is 11.8 Å². The monoisotopic (exact) mass is 224 g/mol. The largest absolute Gasteiger partial charge is 0.313 e. The number of hydrogen-bond acceptors (Lipinski definition) is 3. The number of aryl methyl sites for hydroxylation is 1. The maximum atomic E-state index is 4.47. The van der Waals surface area contributed by atoms with Crippen molar-refractivity contribution in [3.63, 3.8) is 0 Å². The minimum atomic E-state index is 0.929. The molecule has 0 bridgehead atoms. The van der Waals surface area contributed by atoms with Crippen LogP contribution in [0.4, 0.5) is 0 Å². The molecule has 0 aromatic carbocycles. The summed E-state index contributed by atoms with van der Waals surface area (Å²) in [5, 5.41) is 4.55. The SMILES string of the molecule is CCCNCc1cnc(SCC)c(C)c1. The third kappa shape index (κ3) is 4.22. The molecule has 1 aromatic rings. The lowest BCUT2D eigenvalue weighted by molar-refractivity contribution is 0.672. The summed E-state index contributed by atoms with van der Waals surface area (Å²) in [5.74, 6) is 1.08. The van der Waals surface area contributed by atoms with Crippen molar-refractivity contribution in [2.75, 3.05) is 12.3 Å². The van der Waals surface area contributed by atoms with E-state index in [0.29, 0.717) is 0 Å². The van der Waals surface area contributed by atoms with Gasteiger partial charge in [0, 0.05) is 12.7 Å². The van der Waals surface area contributed by atoms with Crippen molar-refractivity contribution in [1.82, 2.24) is 10.3 Å². The number of nitrogens with one attached hydrogen (secondary N) is 1. The number of nitrogens with zero attached hydrogens (tertiary/aromatic N) is 1. The number of thioether (sulfide) groups is 1. The molecule has 0 saturated carbocycles. The quantitative estimate of drug-likeness (QED) is 0.594. The van der Waals surface area contributed by atoms with Crippen LogP contribution in [0, 0.1) is 6.92 Å². The van der Waals surface area contributed by atoms with E-state index in [-0.39, 0.29) is 0 Å². The van der Waals surface area contributed by atoms with Crippen molar-refractivity contribution >= 4 is 11.8 Å². The summed E-state index contributed by atoms with van der Waals surface area (Å²) >= 11 is 1.81. The molecule has 1 N–H and O–H groups in total. The predicted octanol–water partition coefficient (Wildman–Crippen LogP) is 3.00. The van der Waals surface area contributed by atoms with Gasteiger partial charge in [0.25, 0.3) is 0 Å². The molecule has 0 amide bonds. The molecular formula is C12H20N2S. The maximum absolute atomic E-state index is 4.47. The first-order chi connectivity index (χ1) is 7.27. The molecule has 1 aromatic heterocycles. The van der Waals surface area contributed by atoms with E-state index < -0.39 is 0 Å². The van der Waals surface area contributed by atoms with E-state index in [1.54, 1.807) is 0 Å². The molecule has 3 heteroatoms. The molecular weight excluding hydrogens is 204 g/mol. The van der Waals surface area contributed by atoms with E-state index in [2.05, 4.69) is 37.1 Å². The summed E-state index contributed by atoms with van der Waals surface area (Å²) in [4.78, 5) is 4.47. The van der Waals surface area contributed by atoms with Crippen molar-refractivity contribution in [1.29, 1.82) is 0 Å². The van der Waals surface area contributed by atoms with Crippen LogP contribution in [0.15, 0.2) is 17.3 Å². The van der Waals surface area contributed by atoms with E-state index in [4.69, 9.17) is 0 Å². The van der Waals surface area contributed by atoms with Crippen LogP contribution in [0.1, 0.15) is 31.4 Å². The van der Waals surface area contributed by atoms with Gasteiger partial charge in [0.2, 0.25) is 0 Å². The first-order valence-corrected chi connectivity index (χ1v) is 6.55. The van der Waals surface area contributed by atoms with Crippen molar-refractivity contribution < 1.29 is 0 Å². The Labute approximate surface area is 96.9 Å². The van der Waals surface area contributed by atoms with Gasteiger partial charge < -0.3 is 5.32 Å². The van der Waals surface area contributed by atoms with Crippen molar-refractivity contribution in [2.24, 2.45) is 0 Å². The molecule has 1 rings (SSSR count). The summed E-state index contributed by atoms with van der Waals surface area (Å²) in [6.45, 7) is 8.47. The fourth-order valence-electron chi connectivity index (χ4n) is 1.41. The van der Waals surface area contributed by atoms with Crippen LogP contribution in [0.3, 0.4) is 0 Å². The van der Waals surface area contributed by atoms with E-state index >= 15 is 0 Å². The van der Waals surface area contributed by atoms with Gasteiger partial charge in [0.05, 0.1) is 5.03 Å². The summed E-state index contributed by atoms with van der Waals surface area (Å²) in [5.41, 5.74) is 2.57. The van der Waals surface area contributed by atoms with Gasteiger partial charge in [0.1, 0.15) is 0 Å². The molecule has 0 radical (unpaired) electrons. The van der Waals surface area contributed by atoms with E-state index in [1.807, 2.05) is 18.0 Å². The summed E-state index contributed by atoms with van der Waals surface area (Å²) < 4.78 is 0. The highest BCUT2D eigenvalue weighted by Gasteiger charge is 2.01. The van der Waals surface area contributed by atoms with Gasteiger partial charge in [-0.3, -0.25) is 0 Å². The van der Waals surface area contributed by atoms with Gasteiger partial charge in [-0.1, -0.05) is 19.9 Å². The van der Waals surface area contributed by atoms with Gasteiger partial charge in [-0.15, -0.1) is 11.8 Å². The van der Waals surface area contributed by atoms with Crippen LogP contribution < -0.4 is 5.32 Å². The normalized spacial score (nSPS) is 10.6. The maximum Gasteiger partial charge on any atom is 0.0989 e. The third-order valence-corrected chi connectivity index (χ3v) is 3.11. The van der Waals surface area contributed by atoms with Gasteiger partial charge >= 0.3 is 0 Å². The fourth-order valence-corrected chi connectivity index (χ4v) is 2.10. The number of rotatable bonds is 6. The first-order valence-electron chi connectivity index (χ1n) is 5.57. The smallest absolute Gasteiger partial charge is 0.0989 e.